The Labute approximate surface area is 104 Å². The minimum absolute atomic E-state index is 0.452. The molecule has 1 aromatic rings. The molecule has 1 saturated heterocycles. The number of amides is 1. The van der Waals surface area contributed by atoms with Gasteiger partial charge in [0.1, 0.15) is 0 Å². The number of pyridine rings is 1. The summed E-state index contributed by atoms with van der Waals surface area (Å²) in [4.78, 5) is 18.0. The molecule has 17 heavy (non-hydrogen) atoms. The molecule has 0 radical (unpaired) electrons. The number of aromatic nitrogens is 1. The van der Waals surface area contributed by atoms with Crippen molar-refractivity contribution in [3.63, 3.8) is 0 Å². The minimum atomic E-state index is -0.890. The molecule has 2 rings (SSSR count). The lowest BCUT2D eigenvalue weighted by atomic mass is 10.2. The first-order chi connectivity index (χ1) is 8.09. The van der Waals surface area contributed by atoms with Crippen molar-refractivity contribution >= 4 is 29.1 Å². The molecule has 1 aromatic heterocycles. The minimum Gasteiger partial charge on any atom is -0.465 e. The SMILES string of the molecule is Nc1cncc(Cl)c1N1CCN(C(=O)O)CC1. The number of hydrogen-bond acceptors (Lipinski definition) is 4. The molecule has 1 aliphatic rings. The van der Waals surface area contributed by atoms with E-state index in [0.717, 1.165) is 5.69 Å². The lowest BCUT2D eigenvalue weighted by molar-refractivity contribution is 0.142. The van der Waals surface area contributed by atoms with E-state index in [1.54, 1.807) is 6.20 Å². The van der Waals surface area contributed by atoms with Gasteiger partial charge in [0.2, 0.25) is 0 Å². The van der Waals surface area contributed by atoms with Crippen molar-refractivity contribution in [2.45, 2.75) is 0 Å². The van der Waals surface area contributed by atoms with Crippen LogP contribution in [-0.4, -0.2) is 47.3 Å². The monoisotopic (exact) mass is 256 g/mol. The van der Waals surface area contributed by atoms with E-state index in [-0.39, 0.29) is 0 Å². The number of anilines is 2. The standard InChI is InChI=1S/C10H13ClN4O2/c11-7-5-13-6-8(12)9(7)14-1-3-15(4-2-14)10(16)17/h5-6H,1-4,12H2,(H,16,17). The lowest BCUT2D eigenvalue weighted by Gasteiger charge is -2.35. The fourth-order valence-corrected chi connectivity index (χ4v) is 2.18. The molecule has 0 unspecified atom stereocenters. The van der Waals surface area contributed by atoms with Crippen LogP contribution in [0.4, 0.5) is 16.2 Å². The van der Waals surface area contributed by atoms with Crippen LogP contribution in [0.5, 0.6) is 0 Å². The summed E-state index contributed by atoms with van der Waals surface area (Å²) in [5.41, 5.74) is 7.09. The molecule has 0 saturated carbocycles. The lowest BCUT2D eigenvalue weighted by Crippen LogP contribution is -2.48. The van der Waals surface area contributed by atoms with Crippen LogP contribution in [-0.2, 0) is 0 Å². The van der Waals surface area contributed by atoms with Crippen molar-refractivity contribution in [1.29, 1.82) is 0 Å². The van der Waals surface area contributed by atoms with E-state index in [4.69, 9.17) is 22.4 Å². The molecule has 6 nitrogen and oxygen atoms in total. The number of carboxylic acid groups (broad SMARTS) is 1. The van der Waals surface area contributed by atoms with Crippen molar-refractivity contribution in [2.75, 3.05) is 36.8 Å². The number of nitrogens with two attached hydrogens (primary N) is 1. The van der Waals surface area contributed by atoms with Gasteiger partial charge >= 0.3 is 6.09 Å². The van der Waals surface area contributed by atoms with Gasteiger partial charge < -0.3 is 20.6 Å². The van der Waals surface area contributed by atoms with E-state index < -0.39 is 6.09 Å². The highest BCUT2D eigenvalue weighted by Crippen LogP contribution is 2.31. The van der Waals surface area contributed by atoms with Crippen LogP contribution < -0.4 is 10.6 Å². The Kier molecular flexibility index (Phi) is 3.23. The Balaban J connectivity index is 2.13. The molecule has 3 N–H and O–H groups in total. The maximum Gasteiger partial charge on any atom is 0.407 e. The summed E-state index contributed by atoms with van der Waals surface area (Å²) in [6.07, 6.45) is 2.19. The third-order valence-electron chi connectivity index (χ3n) is 2.77. The van der Waals surface area contributed by atoms with Crippen LogP contribution in [0.3, 0.4) is 0 Å². The molecule has 0 bridgehead atoms. The second-order valence-electron chi connectivity index (χ2n) is 3.82. The van der Waals surface area contributed by atoms with Gasteiger partial charge in [-0.1, -0.05) is 11.6 Å². The van der Waals surface area contributed by atoms with Crippen LogP contribution in [0.2, 0.25) is 5.02 Å². The van der Waals surface area contributed by atoms with E-state index in [9.17, 15) is 4.79 Å². The summed E-state index contributed by atoms with van der Waals surface area (Å²) in [6.45, 7) is 2.07. The maximum absolute atomic E-state index is 10.8. The largest absolute Gasteiger partial charge is 0.465 e. The van der Waals surface area contributed by atoms with Gasteiger partial charge in [-0.3, -0.25) is 4.98 Å². The summed E-state index contributed by atoms with van der Waals surface area (Å²) in [5.74, 6) is 0. The molecule has 0 atom stereocenters. The molecule has 0 aromatic carbocycles. The highest BCUT2D eigenvalue weighted by Gasteiger charge is 2.23. The maximum atomic E-state index is 10.8. The van der Waals surface area contributed by atoms with Crippen LogP contribution in [0, 0.1) is 0 Å². The van der Waals surface area contributed by atoms with Crippen LogP contribution >= 0.6 is 11.6 Å². The van der Waals surface area contributed by atoms with Gasteiger partial charge in [-0.05, 0) is 0 Å². The smallest absolute Gasteiger partial charge is 0.407 e. The number of hydrogen-bond donors (Lipinski definition) is 2. The van der Waals surface area contributed by atoms with Gasteiger partial charge in [0.05, 0.1) is 22.6 Å². The number of piperazine rings is 1. The Morgan fingerprint density at radius 2 is 2.00 bits per heavy atom. The Bertz CT molecular complexity index is 412. The Hall–Kier alpha value is -1.69. The molecule has 0 spiro atoms. The fourth-order valence-electron chi connectivity index (χ4n) is 1.90. The van der Waals surface area contributed by atoms with E-state index in [2.05, 4.69) is 4.98 Å². The quantitative estimate of drug-likeness (QED) is 0.787. The normalized spacial score (nSPS) is 16.1. The van der Waals surface area contributed by atoms with Gasteiger partial charge in [0.15, 0.2) is 0 Å². The highest BCUT2D eigenvalue weighted by atomic mass is 35.5. The molecule has 1 amide bonds. The fraction of sp³-hybridized carbons (Fsp3) is 0.400. The van der Waals surface area contributed by atoms with Gasteiger partial charge in [-0.25, -0.2) is 4.79 Å². The third kappa shape index (κ3) is 2.36. The van der Waals surface area contributed by atoms with Crippen molar-refractivity contribution in [2.24, 2.45) is 0 Å². The Morgan fingerprint density at radius 1 is 1.35 bits per heavy atom. The molecule has 0 aliphatic carbocycles. The van der Waals surface area contributed by atoms with Crippen LogP contribution in [0.15, 0.2) is 12.4 Å². The van der Waals surface area contributed by atoms with E-state index in [0.29, 0.717) is 36.9 Å². The summed E-state index contributed by atoms with van der Waals surface area (Å²) < 4.78 is 0. The van der Waals surface area contributed by atoms with Crippen LogP contribution in [0.1, 0.15) is 0 Å². The van der Waals surface area contributed by atoms with Crippen LogP contribution in [0.25, 0.3) is 0 Å². The number of carbonyl (C=O) groups is 1. The first kappa shape index (κ1) is 11.8. The molecular formula is C10H13ClN4O2. The second-order valence-corrected chi connectivity index (χ2v) is 4.22. The number of nitrogen functional groups attached to an aromatic ring is 1. The van der Waals surface area contributed by atoms with E-state index in [1.807, 2.05) is 4.90 Å². The molecule has 2 heterocycles. The van der Waals surface area contributed by atoms with Gasteiger partial charge in [-0.2, -0.15) is 0 Å². The van der Waals surface area contributed by atoms with Crippen molar-refractivity contribution < 1.29 is 9.90 Å². The number of nitrogens with zero attached hydrogens (tertiary/aromatic N) is 3. The summed E-state index contributed by atoms with van der Waals surface area (Å²) >= 11 is 6.05. The van der Waals surface area contributed by atoms with Crippen molar-refractivity contribution in [3.05, 3.63) is 17.4 Å². The predicted octanol–water partition coefficient (Wildman–Crippen LogP) is 1.12. The number of rotatable bonds is 1. The molecule has 1 fully saturated rings. The summed E-state index contributed by atoms with van der Waals surface area (Å²) in [5, 5.41) is 9.35. The zero-order chi connectivity index (χ0) is 12.4. The third-order valence-corrected chi connectivity index (χ3v) is 3.04. The molecule has 1 aliphatic heterocycles. The second kappa shape index (κ2) is 4.67. The van der Waals surface area contributed by atoms with Crippen molar-refractivity contribution in [1.82, 2.24) is 9.88 Å². The number of halogens is 1. The van der Waals surface area contributed by atoms with E-state index in [1.165, 1.54) is 11.1 Å². The first-order valence-electron chi connectivity index (χ1n) is 5.21. The Morgan fingerprint density at radius 3 is 2.53 bits per heavy atom. The highest BCUT2D eigenvalue weighted by molar-refractivity contribution is 6.33. The molecular weight excluding hydrogens is 244 g/mol. The average molecular weight is 257 g/mol. The predicted molar refractivity (Wildman–Crippen MR) is 65.5 cm³/mol. The van der Waals surface area contributed by atoms with Gasteiger partial charge in [0, 0.05) is 32.4 Å². The van der Waals surface area contributed by atoms with Gasteiger partial charge in [0.25, 0.3) is 0 Å². The molecule has 7 heteroatoms. The summed E-state index contributed by atoms with van der Waals surface area (Å²) in [6, 6.07) is 0. The zero-order valence-electron chi connectivity index (χ0n) is 9.14. The van der Waals surface area contributed by atoms with Gasteiger partial charge in [-0.15, -0.1) is 0 Å². The first-order valence-corrected chi connectivity index (χ1v) is 5.59. The topological polar surface area (TPSA) is 82.7 Å². The van der Waals surface area contributed by atoms with Crippen molar-refractivity contribution in [3.8, 4) is 0 Å². The van der Waals surface area contributed by atoms with E-state index >= 15 is 0 Å². The molecule has 92 valence electrons. The summed E-state index contributed by atoms with van der Waals surface area (Å²) in [7, 11) is 0. The average Bonchev–Trinajstić information content (AvgIpc) is 2.29. The zero-order valence-corrected chi connectivity index (χ0v) is 9.89.